The smallest absolute Gasteiger partial charge is 0.332 e. The molecule has 0 aliphatic heterocycles. The summed E-state index contributed by atoms with van der Waals surface area (Å²) in [5.41, 5.74) is 3.25. The highest BCUT2D eigenvalue weighted by Crippen LogP contribution is 2.38. The first-order valence-corrected chi connectivity index (χ1v) is 13.0. The lowest BCUT2D eigenvalue weighted by molar-refractivity contribution is -0.147. The molecule has 6 N–H and O–H groups in total. The fraction of sp³-hybridized carbons (Fsp3) is 0.125. The van der Waals surface area contributed by atoms with E-state index < -0.39 is 29.9 Å². The second kappa shape index (κ2) is 11.7. The molecule has 0 spiro atoms. The number of aliphatic hydroxyl groups is 2. The number of carboxylic acid groups (broad SMARTS) is 2. The van der Waals surface area contributed by atoms with Crippen LogP contribution in [0.25, 0.3) is 0 Å². The van der Waals surface area contributed by atoms with Crippen LogP contribution in [-0.4, -0.2) is 56.1 Å². The Bertz CT molecular complexity index is 1610. The van der Waals surface area contributed by atoms with E-state index in [4.69, 9.17) is 10.2 Å². The van der Waals surface area contributed by atoms with Crippen LogP contribution in [0.1, 0.15) is 43.0 Å². The minimum Gasteiger partial charge on any atom is -0.479 e. The van der Waals surface area contributed by atoms with Crippen molar-refractivity contribution in [2.24, 2.45) is 0 Å². The van der Waals surface area contributed by atoms with Crippen LogP contribution in [0.3, 0.4) is 0 Å². The zero-order chi connectivity index (χ0) is 30.0. The Morgan fingerprint density at radius 2 is 0.929 bits per heavy atom. The number of ketones is 2. The van der Waals surface area contributed by atoms with Crippen LogP contribution in [0.2, 0.25) is 0 Å². The number of aliphatic hydroxyl groups excluding tert-OH is 2. The van der Waals surface area contributed by atoms with Crippen molar-refractivity contribution >= 4 is 46.3 Å². The van der Waals surface area contributed by atoms with Gasteiger partial charge in [0.1, 0.15) is 0 Å². The average Bonchev–Trinajstić information content (AvgIpc) is 2.97. The molecule has 2 unspecified atom stereocenters. The first kappa shape index (κ1) is 28.2. The second-order valence-corrected chi connectivity index (χ2v) is 9.80. The van der Waals surface area contributed by atoms with Crippen molar-refractivity contribution < 1.29 is 39.6 Å². The van der Waals surface area contributed by atoms with Gasteiger partial charge in [0.05, 0.1) is 22.5 Å². The Kier molecular flexibility index (Phi) is 7.83. The number of carbonyl (C=O) groups excluding carboxylic acids is 2. The number of rotatable bonds is 10. The molecule has 0 heterocycles. The van der Waals surface area contributed by atoms with Crippen LogP contribution in [0.4, 0.5) is 22.7 Å². The molecule has 10 nitrogen and oxygen atoms in total. The Morgan fingerprint density at radius 1 is 0.548 bits per heavy atom. The molecule has 0 radical (unpaired) electrons. The molecule has 0 saturated carbocycles. The summed E-state index contributed by atoms with van der Waals surface area (Å²) in [5.74, 6) is -3.52. The number of para-hydroxylation sites is 2. The van der Waals surface area contributed by atoms with Crippen LogP contribution in [0.15, 0.2) is 84.9 Å². The Hall–Kier alpha value is -5.32. The lowest BCUT2D eigenvalue weighted by atomic mass is 9.82. The molecule has 0 amide bonds. The highest BCUT2D eigenvalue weighted by atomic mass is 16.4. The number of carboxylic acids is 2. The molecular formula is C32H26N2O8. The van der Waals surface area contributed by atoms with Gasteiger partial charge in [-0.25, -0.2) is 9.59 Å². The molecule has 5 rings (SSSR count). The molecule has 0 aromatic heterocycles. The molecule has 1 aliphatic rings. The molecule has 4 aromatic rings. The number of carbonyl (C=O) groups is 4. The van der Waals surface area contributed by atoms with Gasteiger partial charge in [0.25, 0.3) is 0 Å². The first-order valence-electron chi connectivity index (χ1n) is 13.0. The third kappa shape index (κ3) is 5.49. The van der Waals surface area contributed by atoms with E-state index >= 15 is 0 Å². The lowest BCUT2D eigenvalue weighted by Gasteiger charge is -2.24. The second-order valence-electron chi connectivity index (χ2n) is 9.80. The normalized spacial score (nSPS) is 13.5. The number of benzene rings is 4. The van der Waals surface area contributed by atoms with Gasteiger partial charge in [0.2, 0.25) is 0 Å². The maximum Gasteiger partial charge on any atom is 0.332 e. The Morgan fingerprint density at radius 3 is 1.33 bits per heavy atom. The van der Waals surface area contributed by atoms with E-state index in [0.29, 0.717) is 33.9 Å². The summed E-state index contributed by atoms with van der Waals surface area (Å²) < 4.78 is 0. The van der Waals surface area contributed by atoms with Gasteiger partial charge in [-0.15, -0.1) is 0 Å². The van der Waals surface area contributed by atoms with E-state index in [-0.39, 0.29) is 40.9 Å². The molecule has 1 aliphatic carbocycles. The summed E-state index contributed by atoms with van der Waals surface area (Å²) in [4.78, 5) is 50.2. The SMILES string of the molecule is O=C1c2cccc(Nc3ccccc3CC(O)C(=O)O)c2C(=O)c2c(Nc3ccccc3CC(O)C(=O)O)cccc21. The first-order chi connectivity index (χ1) is 20.2. The quantitative estimate of drug-likeness (QED) is 0.145. The number of fused-ring (bicyclic) bond motifs is 2. The Balaban J connectivity index is 1.53. The molecule has 212 valence electrons. The molecule has 0 bridgehead atoms. The van der Waals surface area contributed by atoms with Crippen LogP contribution < -0.4 is 10.6 Å². The van der Waals surface area contributed by atoms with Crippen molar-refractivity contribution in [1.29, 1.82) is 0 Å². The minimum absolute atomic E-state index is 0.132. The summed E-state index contributed by atoms with van der Waals surface area (Å²) in [6.45, 7) is 0. The number of anilines is 4. The third-order valence-corrected chi connectivity index (χ3v) is 7.04. The van der Waals surface area contributed by atoms with Crippen molar-refractivity contribution in [3.63, 3.8) is 0 Å². The van der Waals surface area contributed by atoms with Gasteiger partial charge in [-0.3, -0.25) is 9.59 Å². The zero-order valence-electron chi connectivity index (χ0n) is 22.1. The third-order valence-electron chi connectivity index (χ3n) is 7.04. The molecular weight excluding hydrogens is 540 g/mol. The van der Waals surface area contributed by atoms with Gasteiger partial charge >= 0.3 is 11.9 Å². The van der Waals surface area contributed by atoms with Crippen molar-refractivity contribution in [1.82, 2.24) is 0 Å². The summed E-state index contributed by atoms with van der Waals surface area (Å²) in [7, 11) is 0. The Labute approximate surface area is 239 Å². The van der Waals surface area contributed by atoms with Crippen LogP contribution >= 0.6 is 0 Å². The molecule has 10 heteroatoms. The number of hydrogen-bond acceptors (Lipinski definition) is 8. The van der Waals surface area contributed by atoms with Crippen molar-refractivity contribution in [3.8, 4) is 0 Å². The van der Waals surface area contributed by atoms with Crippen LogP contribution in [-0.2, 0) is 22.4 Å². The van der Waals surface area contributed by atoms with E-state index in [0.717, 1.165) is 0 Å². The summed E-state index contributed by atoms with van der Waals surface area (Å²) in [5, 5.41) is 44.5. The van der Waals surface area contributed by atoms with Gasteiger partial charge in [-0.2, -0.15) is 0 Å². The fourth-order valence-electron chi connectivity index (χ4n) is 4.97. The van der Waals surface area contributed by atoms with Gasteiger partial charge in [-0.1, -0.05) is 60.7 Å². The van der Waals surface area contributed by atoms with Crippen molar-refractivity contribution in [3.05, 3.63) is 118 Å². The molecule has 4 aromatic carbocycles. The number of aliphatic carboxylic acids is 2. The molecule has 2 atom stereocenters. The number of hydrogen-bond donors (Lipinski definition) is 6. The van der Waals surface area contributed by atoms with E-state index in [1.807, 2.05) is 0 Å². The molecule has 0 saturated heterocycles. The van der Waals surface area contributed by atoms with Crippen LogP contribution in [0.5, 0.6) is 0 Å². The van der Waals surface area contributed by atoms with Crippen molar-refractivity contribution in [2.75, 3.05) is 10.6 Å². The van der Waals surface area contributed by atoms with Gasteiger partial charge < -0.3 is 31.1 Å². The summed E-state index contributed by atoms with van der Waals surface area (Å²) in [6, 6.07) is 23.2. The monoisotopic (exact) mass is 566 g/mol. The van der Waals surface area contributed by atoms with Gasteiger partial charge in [0, 0.05) is 35.3 Å². The highest BCUT2D eigenvalue weighted by Gasteiger charge is 2.34. The predicted molar refractivity (Wildman–Crippen MR) is 154 cm³/mol. The molecule has 0 fully saturated rings. The largest absolute Gasteiger partial charge is 0.479 e. The maximum absolute atomic E-state index is 14.1. The lowest BCUT2D eigenvalue weighted by Crippen LogP contribution is -2.24. The van der Waals surface area contributed by atoms with Gasteiger partial charge in [-0.05, 0) is 35.4 Å². The average molecular weight is 567 g/mol. The van der Waals surface area contributed by atoms with Crippen LogP contribution in [0, 0.1) is 0 Å². The minimum atomic E-state index is -1.62. The summed E-state index contributed by atoms with van der Waals surface area (Å²) in [6.07, 6.45) is -3.60. The van der Waals surface area contributed by atoms with E-state index in [2.05, 4.69) is 10.6 Å². The van der Waals surface area contributed by atoms with Crippen molar-refractivity contribution in [2.45, 2.75) is 25.0 Å². The van der Waals surface area contributed by atoms with E-state index in [1.165, 1.54) is 0 Å². The molecule has 42 heavy (non-hydrogen) atoms. The standard InChI is InChI=1S/C32H26N2O8/c35-25(31(39)40)15-17-7-1-3-11-21(17)33-23-13-5-9-19-27(23)30(38)28-20(29(19)37)10-6-14-24(28)34-22-12-4-2-8-18(22)16-26(36)32(41)42/h1-14,25-26,33-36H,15-16H2,(H,39,40)(H,41,42). The maximum atomic E-state index is 14.1. The summed E-state index contributed by atoms with van der Waals surface area (Å²) >= 11 is 0. The van der Waals surface area contributed by atoms with E-state index in [9.17, 15) is 29.4 Å². The zero-order valence-corrected chi connectivity index (χ0v) is 22.1. The van der Waals surface area contributed by atoms with Gasteiger partial charge in [0.15, 0.2) is 23.8 Å². The topological polar surface area (TPSA) is 173 Å². The van der Waals surface area contributed by atoms with E-state index in [1.54, 1.807) is 84.9 Å². The fourth-order valence-corrected chi connectivity index (χ4v) is 4.97. The predicted octanol–water partition coefficient (Wildman–Crippen LogP) is 3.93. The highest BCUT2D eigenvalue weighted by molar-refractivity contribution is 6.32. The number of nitrogens with one attached hydrogen (secondary N) is 2.